The van der Waals surface area contributed by atoms with Crippen molar-refractivity contribution in [1.29, 1.82) is 0 Å². The maximum Gasteiger partial charge on any atom is 0.132 e. The summed E-state index contributed by atoms with van der Waals surface area (Å²) in [6.45, 7) is 1.87. The molecular formula is C11H11BrClF. The lowest BCUT2D eigenvalue weighted by Gasteiger charge is -2.05. The van der Waals surface area contributed by atoms with Crippen molar-refractivity contribution >= 4 is 33.1 Å². The largest absolute Gasteiger partial charge is 0.206 e. The summed E-state index contributed by atoms with van der Waals surface area (Å²) in [6, 6.07) is 4.73. The highest BCUT2D eigenvalue weighted by molar-refractivity contribution is 9.09. The van der Waals surface area contributed by atoms with Gasteiger partial charge in [0, 0.05) is 10.9 Å². The molecule has 1 aromatic rings. The molecule has 14 heavy (non-hydrogen) atoms. The van der Waals surface area contributed by atoms with E-state index in [0.717, 1.165) is 17.3 Å². The van der Waals surface area contributed by atoms with Gasteiger partial charge in [0.1, 0.15) is 5.82 Å². The number of alkyl halides is 1. The molecule has 76 valence electrons. The van der Waals surface area contributed by atoms with Gasteiger partial charge in [-0.3, -0.25) is 0 Å². The van der Waals surface area contributed by atoms with Crippen molar-refractivity contribution in [2.75, 3.05) is 5.33 Å². The summed E-state index contributed by atoms with van der Waals surface area (Å²) in [6.07, 6.45) is 2.84. The van der Waals surface area contributed by atoms with Gasteiger partial charge in [0.15, 0.2) is 0 Å². The summed E-state index contributed by atoms with van der Waals surface area (Å²) < 4.78 is 13.4. The fourth-order valence-electron chi connectivity index (χ4n) is 1.25. The van der Waals surface area contributed by atoms with Crippen molar-refractivity contribution < 1.29 is 4.39 Å². The Labute approximate surface area is 96.9 Å². The van der Waals surface area contributed by atoms with E-state index >= 15 is 0 Å². The molecule has 0 aromatic heterocycles. The van der Waals surface area contributed by atoms with Crippen molar-refractivity contribution in [3.05, 3.63) is 40.7 Å². The quantitative estimate of drug-likeness (QED) is 0.705. The average Bonchev–Trinajstić information content (AvgIpc) is 2.14. The van der Waals surface area contributed by atoms with Crippen molar-refractivity contribution in [2.45, 2.75) is 13.3 Å². The molecule has 0 spiro atoms. The summed E-state index contributed by atoms with van der Waals surface area (Å²) in [4.78, 5) is 0. The van der Waals surface area contributed by atoms with Crippen LogP contribution >= 0.6 is 27.5 Å². The lowest BCUT2D eigenvalue weighted by Crippen LogP contribution is -1.88. The molecular weight excluding hydrogens is 266 g/mol. The van der Waals surface area contributed by atoms with Crippen molar-refractivity contribution in [2.24, 2.45) is 0 Å². The van der Waals surface area contributed by atoms with Gasteiger partial charge in [-0.15, -0.1) is 0 Å². The molecule has 1 aromatic carbocycles. The van der Waals surface area contributed by atoms with Crippen molar-refractivity contribution in [3.8, 4) is 0 Å². The van der Waals surface area contributed by atoms with Gasteiger partial charge in [-0.1, -0.05) is 39.7 Å². The van der Waals surface area contributed by atoms with Crippen LogP contribution in [0.3, 0.4) is 0 Å². The number of halogens is 3. The number of hydrogen-bond donors (Lipinski definition) is 0. The van der Waals surface area contributed by atoms with Gasteiger partial charge in [-0.25, -0.2) is 4.39 Å². The molecule has 0 atom stereocenters. The minimum Gasteiger partial charge on any atom is -0.206 e. The average molecular weight is 278 g/mol. The van der Waals surface area contributed by atoms with Crippen LogP contribution in [-0.4, -0.2) is 5.33 Å². The molecule has 0 aliphatic heterocycles. The second-order valence-corrected chi connectivity index (χ2v) is 4.16. The summed E-state index contributed by atoms with van der Waals surface area (Å²) in [5, 5.41) is 1.34. The summed E-state index contributed by atoms with van der Waals surface area (Å²) >= 11 is 9.23. The van der Waals surface area contributed by atoms with Crippen LogP contribution in [-0.2, 0) is 0 Å². The van der Waals surface area contributed by atoms with E-state index in [1.807, 2.05) is 13.0 Å². The first-order chi connectivity index (χ1) is 6.66. The van der Waals surface area contributed by atoms with Crippen LogP contribution in [0.15, 0.2) is 24.3 Å². The number of hydrogen-bond acceptors (Lipinski definition) is 0. The van der Waals surface area contributed by atoms with Gasteiger partial charge in [0.25, 0.3) is 0 Å². The lowest BCUT2D eigenvalue weighted by atomic mass is 10.1. The van der Waals surface area contributed by atoms with Crippen LogP contribution in [0, 0.1) is 5.82 Å². The Morgan fingerprint density at radius 3 is 2.86 bits per heavy atom. The molecule has 1 rings (SSSR count). The third-order valence-corrected chi connectivity index (χ3v) is 2.69. The molecule has 0 aliphatic rings. The molecule has 0 fully saturated rings. The van der Waals surface area contributed by atoms with E-state index in [9.17, 15) is 4.39 Å². The minimum atomic E-state index is -0.263. The maximum absolute atomic E-state index is 13.4. The first-order valence-corrected chi connectivity index (χ1v) is 5.84. The number of rotatable bonds is 3. The zero-order valence-electron chi connectivity index (χ0n) is 7.86. The van der Waals surface area contributed by atoms with Gasteiger partial charge in [0.05, 0.1) is 5.02 Å². The third-order valence-electron chi connectivity index (χ3n) is 1.92. The Morgan fingerprint density at radius 1 is 1.57 bits per heavy atom. The van der Waals surface area contributed by atoms with Gasteiger partial charge in [-0.2, -0.15) is 0 Å². The van der Waals surface area contributed by atoms with E-state index in [0.29, 0.717) is 10.6 Å². The lowest BCUT2D eigenvalue weighted by molar-refractivity contribution is 0.624. The minimum absolute atomic E-state index is 0.263. The van der Waals surface area contributed by atoms with Gasteiger partial charge < -0.3 is 0 Å². The fourth-order valence-corrected chi connectivity index (χ4v) is 1.79. The molecule has 0 nitrogen and oxygen atoms in total. The fraction of sp³-hybridized carbons (Fsp3) is 0.273. The predicted octanol–water partition coefficient (Wildman–Crippen LogP) is 4.67. The van der Waals surface area contributed by atoms with E-state index in [4.69, 9.17) is 11.6 Å². The second kappa shape index (κ2) is 5.52. The zero-order chi connectivity index (χ0) is 10.6. The summed E-state index contributed by atoms with van der Waals surface area (Å²) in [5.74, 6) is -0.263. The van der Waals surface area contributed by atoms with E-state index in [1.165, 1.54) is 6.07 Å². The van der Waals surface area contributed by atoms with Crippen LogP contribution in [0.5, 0.6) is 0 Å². The number of benzene rings is 1. The highest BCUT2D eigenvalue weighted by atomic mass is 79.9. The molecule has 0 aliphatic carbocycles. The Balaban J connectivity index is 3.05. The van der Waals surface area contributed by atoms with E-state index < -0.39 is 0 Å². The van der Waals surface area contributed by atoms with Crippen LogP contribution in [0.25, 0.3) is 5.57 Å². The van der Waals surface area contributed by atoms with Crippen LogP contribution in [0.1, 0.15) is 18.9 Å². The van der Waals surface area contributed by atoms with Crippen LogP contribution < -0.4 is 0 Å². The Bertz CT molecular complexity index is 327. The molecule has 0 saturated carbocycles. The van der Waals surface area contributed by atoms with Crippen LogP contribution in [0.4, 0.5) is 4.39 Å². The molecule has 0 unspecified atom stereocenters. The highest BCUT2D eigenvalue weighted by Gasteiger charge is 2.07. The van der Waals surface area contributed by atoms with Crippen molar-refractivity contribution in [1.82, 2.24) is 0 Å². The maximum atomic E-state index is 13.4. The van der Waals surface area contributed by atoms with E-state index in [-0.39, 0.29) is 5.82 Å². The van der Waals surface area contributed by atoms with Gasteiger partial charge >= 0.3 is 0 Å². The topological polar surface area (TPSA) is 0 Å². The monoisotopic (exact) mass is 276 g/mol. The van der Waals surface area contributed by atoms with Crippen molar-refractivity contribution in [3.63, 3.8) is 0 Å². The Kier molecular flexibility index (Phi) is 4.63. The molecule has 0 radical (unpaired) electrons. The second-order valence-electron chi connectivity index (χ2n) is 2.96. The standard InChI is InChI=1S/C11H11BrClF/c1-8(4-3-7-12)11-9(13)5-2-6-10(11)14/h2,4-6H,3,7H2,1H3/b8-4-. The third kappa shape index (κ3) is 2.82. The first-order valence-electron chi connectivity index (χ1n) is 4.34. The molecule has 0 heterocycles. The van der Waals surface area contributed by atoms with Crippen LogP contribution in [0.2, 0.25) is 5.02 Å². The number of allylic oxidation sites excluding steroid dienone is 2. The molecule has 0 saturated heterocycles. The summed E-state index contributed by atoms with van der Waals surface area (Å²) in [7, 11) is 0. The first kappa shape index (κ1) is 11.7. The molecule has 0 N–H and O–H groups in total. The van der Waals surface area contributed by atoms with E-state index in [2.05, 4.69) is 15.9 Å². The molecule has 0 amide bonds. The zero-order valence-corrected chi connectivity index (χ0v) is 10.2. The van der Waals surface area contributed by atoms with E-state index in [1.54, 1.807) is 12.1 Å². The smallest absolute Gasteiger partial charge is 0.132 e. The molecule has 3 heteroatoms. The van der Waals surface area contributed by atoms with Gasteiger partial charge in [0.2, 0.25) is 0 Å². The summed E-state index contributed by atoms with van der Waals surface area (Å²) in [5.41, 5.74) is 1.39. The SMILES string of the molecule is C/C(=C/CCBr)c1c(F)cccc1Cl. The predicted molar refractivity (Wildman–Crippen MR) is 63.5 cm³/mol. The Hall–Kier alpha value is -0.340. The molecule has 0 bridgehead atoms. The normalized spacial score (nSPS) is 11.9. The van der Waals surface area contributed by atoms with Gasteiger partial charge in [-0.05, 0) is 31.1 Å². The highest BCUT2D eigenvalue weighted by Crippen LogP contribution is 2.26. The Morgan fingerprint density at radius 2 is 2.29 bits per heavy atom.